The van der Waals surface area contributed by atoms with Gasteiger partial charge in [-0.2, -0.15) is 0 Å². The van der Waals surface area contributed by atoms with Crippen molar-refractivity contribution in [3.63, 3.8) is 0 Å². The van der Waals surface area contributed by atoms with Crippen LogP contribution in [0, 0.1) is 15.5 Å². The molecule has 0 aliphatic carbocycles. The van der Waals surface area contributed by atoms with Crippen LogP contribution in [-0.2, 0) is 4.74 Å². The summed E-state index contributed by atoms with van der Waals surface area (Å²) in [4.78, 5) is 14.6. The van der Waals surface area contributed by atoms with E-state index in [1.54, 1.807) is 0 Å². The van der Waals surface area contributed by atoms with Gasteiger partial charge in [0.1, 0.15) is 5.10 Å². The molecule has 2 saturated heterocycles. The van der Waals surface area contributed by atoms with Gasteiger partial charge >= 0.3 is 0 Å². The van der Waals surface area contributed by atoms with Crippen molar-refractivity contribution in [1.82, 2.24) is 15.1 Å². The van der Waals surface area contributed by atoms with E-state index in [4.69, 9.17) is 4.74 Å². The van der Waals surface area contributed by atoms with Crippen molar-refractivity contribution in [1.29, 1.82) is 0 Å². The summed E-state index contributed by atoms with van der Waals surface area (Å²) in [5.41, 5.74) is -0.0512. The standard InChI is InChI=1S/C12H23N5O3/c1-12(2,3)10-13-8-16(9-5-6-20-7-9)11(15(10)4)14-17(18)19/h9-10,13H,5-8H2,1-4H3. The number of hydrazone groups is 1. The molecule has 8 nitrogen and oxygen atoms in total. The van der Waals surface area contributed by atoms with Gasteiger partial charge < -0.3 is 14.5 Å². The zero-order valence-electron chi connectivity index (χ0n) is 12.5. The lowest BCUT2D eigenvalue weighted by Gasteiger charge is -2.48. The molecule has 0 aromatic heterocycles. The molecule has 114 valence electrons. The fraction of sp³-hybridized carbons (Fsp3) is 0.917. The number of nitro groups is 1. The monoisotopic (exact) mass is 285 g/mol. The van der Waals surface area contributed by atoms with Crippen molar-refractivity contribution >= 4 is 5.96 Å². The van der Waals surface area contributed by atoms with Crippen LogP contribution in [0.15, 0.2) is 5.10 Å². The molecule has 0 spiro atoms. The molecule has 2 atom stereocenters. The second-order valence-corrected chi connectivity index (χ2v) is 6.37. The highest BCUT2D eigenvalue weighted by atomic mass is 16.7. The van der Waals surface area contributed by atoms with Crippen molar-refractivity contribution in [3.8, 4) is 0 Å². The highest BCUT2D eigenvalue weighted by Gasteiger charge is 2.40. The Morgan fingerprint density at radius 3 is 2.70 bits per heavy atom. The highest BCUT2D eigenvalue weighted by Crippen LogP contribution is 2.26. The fourth-order valence-electron chi connectivity index (χ4n) is 2.86. The van der Waals surface area contributed by atoms with E-state index in [9.17, 15) is 10.1 Å². The molecule has 0 saturated carbocycles. The summed E-state index contributed by atoms with van der Waals surface area (Å²) in [6.07, 6.45) is 0.867. The van der Waals surface area contributed by atoms with E-state index in [1.807, 2.05) is 16.8 Å². The van der Waals surface area contributed by atoms with Gasteiger partial charge in [0.05, 0.1) is 25.5 Å². The predicted octanol–water partition coefficient (Wildman–Crippen LogP) is 0.490. The van der Waals surface area contributed by atoms with Crippen molar-refractivity contribution in [2.24, 2.45) is 10.5 Å². The molecule has 1 N–H and O–H groups in total. The minimum Gasteiger partial charge on any atom is -0.379 e. The summed E-state index contributed by atoms with van der Waals surface area (Å²) in [6.45, 7) is 8.12. The molecule has 20 heavy (non-hydrogen) atoms. The van der Waals surface area contributed by atoms with Crippen LogP contribution in [0.2, 0.25) is 0 Å². The van der Waals surface area contributed by atoms with Gasteiger partial charge in [-0.3, -0.25) is 5.32 Å². The Hall–Kier alpha value is -1.41. The molecule has 0 aromatic carbocycles. The van der Waals surface area contributed by atoms with Gasteiger partial charge in [-0.1, -0.05) is 20.8 Å². The van der Waals surface area contributed by atoms with E-state index in [0.717, 1.165) is 6.42 Å². The normalized spacial score (nSPS) is 30.1. The maximum absolute atomic E-state index is 10.8. The first-order chi connectivity index (χ1) is 9.30. The van der Waals surface area contributed by atoms with Gasteiger partial charge in [-0.05, 0) is 11.8 Å². The molecule has 0 amide bonds. The van der Waals surface area contributed by atoms with Crippen LogP contribution in [-0.4, -0.2) is 59.9 Å². The number of hydrogen-bond donors (Lipinski definition) is 1. The molecule has 2 unspecified atom stereocenters. The van der Waals surface area contributed by atoms with Crippen molar-refractivity contribution in [2.75, 3.05) is 26.9 Å². The van der Waals surface area contributed by atoms with Gasteiger partial charge in [0.2, 0.25) is 0 Å². The number of nitrogens with zero attached hydrogens (tertiary/aromatic N) is 4. The van der Waals surface area contributed by atoms with E-state index >= 15 is 0 Å². The summed E-state index contributed by atoms with van der Waals surface area (Å²) in [6, 6.07) is 0.143. The minimum absolute atomic E-state index is 0.000212. The molecule has 2 heterocycles. The molecular formula is C12H23N5O3. The van der Waals surface area contributed by atoms with E-state index in [2.05, 4.69) is 31.2 Å². The van der Waals surface area contributed by atoms with E-state index in [0.29, 0.717) is 25.8 Å². The van der Waals surface area contributed by atoms with Crippen LogP contribution < -0.4 is 5.32 Å². The molecule has 0 radical (unpaired) electrons. The molecule has 2 aliphatic heterocycles. The molecule has 8 heteroatoms. The first-order valence-corrected chi connectivity index (χ1v) is 6.84. The third kappa shape index (κ3) is 3.01. The first-order valence-electron chi connectivity index (χ1n) is 6.84. The topological polar surface area (TPSA) is 83.2 Å². The lowest BCUT2D eigenvalue weighted by molar-refractivity contribution is -0.486. The Morgan fingerprint density at radius 1 is 1.50 bits per heavy atom. The molecule has 0 bridgehead atoms. The van der Waals surface area contributed by atoms with Crippen molar-refractivity contribution < 1.29 is 9.77 Å². The SMILES string of the molecule is CN1C(=N[N+](=O)[O-])N(C2CCOC2)CNC1C(C)(C)C. The first kappa shape index (κ1) is 15.0. The van der Waals surface area contributed by atoms with Crippen LogP contribution >= 0.6 is 0 Å². The fourth-order valence-corrected chi connectivity index (χ4v) is 2.86. The van der Waals surface area contributed by atoms with E-state index in [-0.39, 0.29) is 17.6 Å². The lowest BCUT2D eigenvalue weighted by atomic mass is 9.91. The van der Waals surface area contributed by atoms with Gasteiger partial charge in [-0.15, -0.1) is 0 Å². The van der Waals surface area contributed by atoms with Crippen molar-refractivity contribution in [3.05, 3.63) is 10.1 Å². The Morgan fingerprint density at radius 2 is 2.20 bits per heavy atom. The zero-order chi connectivity index (χ0) is 14.9. The van der Waals surface area contributed by atoms with E-state index < -0.39 is 5.03 Å². The Balaban J connectivity index is 2.25. The molecule has 0 aromatic rings. The van der Waals surface area contributed by atoms with E-state index in [1.165, 1.54) is 0 Å². The minimum atomic E-state index is -0.625. The maximum Gasteiger partial charge on any atom is 0.276 e. The lowest BCUT2D eigenvalue weighted by Crippen LogP contribution is -2.67. The van der Waals surface area contributed by atoms with Crippen LogP contribution in [0.3, 0.4) is 0 Å². The summed E-state index contributed by atoms with van der Waals surface area (Å²) >= 11 is 0. The molecule has 2 rings (SSSR count). The quantitative estimate of drug-likeness (QED) is 0.587. The molecular weight excluding hydrogens is 262 g/mol. The van der Waals surface area contributed by atoms with Crippen LogP contribution in [0.25, 0.3) is 0 Å². The van der Waals surface area contributed by atoms with Crippen LogP contribution in [0.5, 0.6) is 0 Å². The van der Waals surface area contributed by atoms with Crippen LogP contribution in [0.1, 0.15) is 27.2 Å². The number of ether oxygens (including phenoxy) is 1. The number of nitrogens with one attached hydrogen (secondary N) is 1. The molecule has 2 fully saturated rings. The van der Waals surface area contributed by atoms with Gasteiger partial charge in [-0.25, -0.2) is 10.1 Å². The smallest absolute Gasteiger partial charge is 0.276 e. The maximum atomic E-state index is 10.8. The summed E-state index contributed by atoms with van der Waals surface area (Å²) in [7, 11) is 1.84. The predicted molar refractivity (Wildman–Crippen MR) is 74.5 cm³/mol. The van der Waals surface area contributed by atoms with Gasteiger partial charge in [0.15, 0.2) is 5.03 Å². The summed E-state index contributed by atoms with van der Waals surface area (Å²) < 4.78 is 5.38. The third-order valence-electron chi connectivity index (χ3n) is 3.75. The van der Waals surface area contributed by atoms with Crippen LogP contribution in [0.4, 0.5) is 0 Å². The Bertz CT molecular complexity index is 400. The average Bonchev–Trinajstić information content (AvgIpc) is 2.82. The van der Waals surface area contributed by atoms with Crippen molar-refractivity contribution in [2.45, 2.75) is 39.4 Å². The Kier molecular flexibility index (Phi) is 4.14. The summed E-state index contributed by atoms with van der Waals surface area (Å²) in [5, 5.41) is 17.3. The van der Waals surface area contributed by atoms with Gasteiger partial charge in [0.25, 0.3) is 5.96 Å². The highest BCUT2D eigenvalue weighted by molar-refractivity contribution is 5.80. The average molecular weight is 285 g/mol. The number of rotatable bonds is 2. The third-order valence-corrected chi connectivity index (χ3v) is 3.75. The number of guanidine groups is 1. The summed E-state index contributed by atoms with van der Waals surface area (Å²) in [5.74, 6) is 0.407. The second kappa shape index (κ2) is 5.53. The second-order valence-electron chi connectivity index (χ2n) is 6.37. The molecule has 2 aliphatic rings. The Labute approximate surface area is 118 Å². The zero-order valence-corrected chi connectivity index (χ0v) is 12.5. The van der Waals surface area contributed by atoms with Gasteiger partial charge in [0, 0.05) is 13.7 Å². The largest absolute Gasteiger partial charge is 0.379 e. The number of hydrogen-bond acceptors (Lipinski definition) is 4.